The molecule has 0 atom stereocenters. The standard InChI is InChI=1S/C28H20N2O5S/c1-19(31)26-11-4-5-12-27(26)30-28(32)23(18-29)15-20-7-6-10-24(16-20)35-36(33,34)25-14-13-21-8-2-3-9-22(21)17-25/h2-17H,1H3,(H,30,32)/b23-15-. The summed E-state index contributed by atoms with van der Waals surface area (Å²) in [5, 5.41) is 13.8. The molecule has 0 radical (unpaired) electrons. The molecule has 1 N–H and O–H groups in total. The Morgan fingerprint density at radius 2 is 1.61 bits per heavy atom. The number of amides is 1. The van der Waals surface area contributed by atoms with Crippen LogP contribution in [0.3, 0.4) is 0 Å². The van der Waals surface area contributed by atoms with Crippen molar-refractivity contribution >= 4 is 44.3 Å². The largest absolute Gasteiger partial charge is 0.379 e. The minimum Gasteiger partial charge on any atom is -0.379 e. The van der Waals surface area contributed by atoms with Crippen molar-refractivity contribution in [3.05, 3.63) is 108 Å². The first-order valence-corrected chi connectivity index (χ1v) is 12.2. The molecule has 0 unspecified atom stereocenters. The Bertz CT molecular complexity index is 1670. The van der Waals surface area contributed by atoms with Crippen LogP contribution in [-0.4, -0.2) is 20.1 Å². The zero-order chi connectivity index (χ0) is 25.7. The Hall–Kier alpha value is -4.74. The average molecular weight is 497 g/mol. The lowest BCUT2D eigenvalue weighted by Gasteiger charge is -2.09. The van der Waals surface area contributed by atoms with E-state index < -0.39 is 16.0 Å². The van der Waals surface area contributed by atoms with Crippen LogP contribution in [0.4, 0.5) is 5.69 Å². The van der Waals surface area contributed by atoms with Gasteiger partial charge in [-0.15, -0.1) is 0 Å². The SMILES string of the molecule is CC(=O)c1ccccc1NC(=O)/C(C#N)=C\c1cccc(OS(=O)(=O)c2ccc3ccccc3c2)c1. The number of Topliss-reactive ketones (excluding diaryl/α,β-unsaturated/α-hetero) is 1. The van der Waals surface area contributed by atoms with Crippen LogP contribution in [0.5, 0.6) is 5.75 Å². The van der Waals surface area contributed by atoms with Gasteiger partial charge in [0.2, 0.25) is 0 Å². The first kappa shape index (κ1) is 24.4. The molecule has 0 fully saturated rings. The van der Waals surface area contributed by atoms with E-state index in [4.69, 9.17) is 4.18 Å². The summed E-state index contributed by atoms with van der Waals surface area (Å²) in [7, 11) is -4.12. The van der Waals surface area contributed by atoms with Gasteiger partial charge in [0.1, 0.15) is 22.3 Å². The minimum atomic E-state index is -4.12. The molecule has 0 saturated heterocycles. The van der Waals surface area contributed by atoms with Gasteiger partial charge in [-0.2, -0.15) is 13.7 Å². The van der Waals surface area contributed by atoms with Crippen molar-refractivity contribution in [3.8, 4) is 11.8 Å². The molecule has 178 valence electrons. The Morgan fingerprint density at radius 3 is 2.36 bits per heavy atom. The van der Waals surface area contributed by atoms with Gasteiger partial charge in [-0.25, -0.2) is 0 Å². The molecule has 0 aliphatic heterocycles. The second kappa shape index (κ2) is 10.3. The van der Waals surface area contributed by atoms with Crippen LogP contribution in [0.25, 0.3) is 16.8 Å². The summed E-state index contributed by atoms with van der Waals surface area (Å²) in [4.78, 5) is 24.5. The van der Waals surface area contributed by atoms with Gasteiger partial charge in [-0.05, 0) is 65.7 Å². The van der Waals surface area contributed by atoms with Crippen LogP contribution in [0, 0.1) is 11.3 Å². The summed E-state index contributed by atoms with van der Waals surface area (Å²) in [5.41, 5.74) is 0.753. The van der Waals surface area contributed by atoms with Crippen LogP contribution < -0.4 is 9.50 Å². The highest BCUT2D eigenvalue weighted by Gasteiger charge is 2.18. The highest BCUT2D eigenvalue weighted by atomic mass is 32.2. The number of carbonyl (C=O) groups excluding carboxylic acids is 2. The topological polar surface area (TPSA) is 113 Å². The van der Waals surface area contributed by atoms with Crippen molar-refractivity contribution in [2.75, 3.05) is 5.32 Å². The lowest BCUT2D eigenvalue weighted by atomic mass is 10.1. The summed E-state index contributed by atoms with van der Waals surface area (Å²) < 4.78 is 31.0. The normalized spacial score (nSPS) is 11.5. The van der Waals surface area contributed by atoms with Gasteiger partial charge in [0.25, 0.3) is 5.91 Å². The quantitative estimate of drug-likeness (QED) is 0.160. The van der Waals surface area contributed by atoms with Crippen molar-refractivity contribution in [2.24, 2.45) is 0 Å². The molecular formula is C28H20N2O5S. The van der Waals surface area contributed by atoms with E-state index in [1.54, 1.807) is 42.5 Å². The number of nitrogens with one attached hydrogen (secondary N) is 1. The van der Waals surface area contributed by atoms with Gasteiger partial charge in [0, 0.05) is 5.56 Å². The number of nitriles is 1. The maximum Gasteiger partial charge on any atom is 0.339 e. The van der Waals surface area contributed by atoms with Crippen LogP contribution in [0.15, 0.2) is 101 Å². The zero-order valence-electron chi connectivity index (χ0n) is 19.1. The molecular weight excluding hydrogens is 476 g/mol. The fourth-order valence-electron chi connectivity index (χ4n) is 3.56. The van der Waals surface area contributed by atoms with Crippen molar-refractivity contribution < 1.29 is 22.2 Å². The monoisotopic (exact) mass is 496 g/mol. The molecule has 0 aliphatic carbocycles. The predicted octanol–water partition coefficient (Wildman–Crippen LogP) is 5.36. The van der Waals surface area contributed by atoms with E-state index in [0.717, 1.165) is 10.8 Å². The molecule has 7 nitrogen and oxygen atoms in total. The van der Waals surface area contributed by atoms with E-state index in [1.165, 1.54) is 37.3 Å². The van der Waals surface area contributed by atoms with Crippen molar-refractivity contribution in [1.29, 1.82) is 5.26 Å². The number of nitrogens with zero attached hydrogens (tertiary/aromatic N) is 1. The van der Waals surface area contributed by atoms with Gasteiger partial charge < -0.3 is 9.50 Å². The van der Waals surface area contributed by atoms with E-state index in [1.807, 2.05) is 30.3 Å². The number of benzene rings is 4. The number of anilines is 1. The van der Waals surface area contributed by atoms with Gasteiger partial charge in [-0.1, -0.05) is 54.6 Å². The fourth-order valence-corrected chi connectivity index (χ4v) is 4.52. The van der Waals surface area contributed by atoms with Crippen molar-refractivity contribution in [1.82, 2.24) is 0 Å². The number of fused-ring (bicyclic) bond motifs is 1. The molecule has 4 aromatic carbocycles. The first-order valence-electron chi connectivity index (χ1n) is 10.8. The Labute approximate surface area is 208 Å². The lowest BCUT2D eigenvalue weighted by molar-refractivity contribution is -0.112. The van der Waals surface area contributed by atoms with Crippen molar-refractivity contribution in [3.63, 3.8) is 0 Å². The van der Waals surface area contributed by atoms with Crippen LogP contribution in [-0.2, 0) is 14.9 Å². The third-order valence-corrected chi connectivity index (χ3v) is 6.55. The number of ketones is 1. The number of hydrogen-bond donors (Lipinski definition) is 1. The van der Waals surface area contributed by atoms with E-state index in [-0.39, 0.29) is 27.7 Å². The van der Waals surface area contributed by atoms with Crippen LogP contribution in [0.2, 0.25) is 0 Å². The van der Waals surface area contributed by atoms with Gasteiger partial charge in [0.05, 0.1) is 5.69 Å². The van der Waals surface area contributed by atoms with E-state index in [0.29, 0.717) is 11.1 Å². The van der Waals surface area contributed by atoms with E-state index in [9.17, 15) is 23.3 Å². The van der Waals surface area contributed by atoms with Crippen LogP contribution >= 0.6 is 0 Å². The van der Waals surface area contributed by atoms with Crippen molar-refractivity contribution in [2.45, 2.75) is 11.8 Å². The molecule has 4 rings (SSSR count). The molecule has 4 aromatic rings. The highest BCUT2D eigenvalue weighted by Crippen LogP contribution is 2.24. The third-order valence-electron chi connectivity index (χ3n) is 5.30. The molecule has 0 spiro atoms. The molecule has 0 aliphatic rings. The Morgan fingerprint density at radius 1 is 0.889 bits per heavy atom. The summed E-state index contributed by atoms with van der Waals surface area (Å²) in [5.74, 6) is -0.913. The predicted molar refractivity (Wildman–Crippen MR) is 137 cm³/mol. The molecule has 1 amide bonds. The Balaban J connectivity index is 1.57. The smallest absolute Gasteiger partial charge is 0.339 e. The maximum absolute atomic E-state index is 12.9. The maximum atomic E-state index is 12.9. The summed E-state index contributed by atoms with van der Waals surface area (Å²) in [6.07, 6.45) is 1.31. The van der Waals surface area contributed by atoms with Gasteiger partial charge in [0.15, 0.2) is 5.78 Å². The second-order valence-electron chi connectivity index (χ2n) is 7.84. The summed E-state index contributed by atoms with van der Waals surface area (Å²) in [6, 6.07) is 26.4. The molecule has 36 heavy (non-hydrogen) atoms. The number of hydrogen-bond acceptors (Lipinski definition) is 6. The van der Waals surface area contributed by atoms with Gasteiger partial charge in [-0.3, -0.25) is 9.59 Å². The summed E-state index contributed by atoms with van der Waals surface area (Å²) in [6.45, 7) is 1.38. The number of rotatable bonds is 7. The highest BCUT2D eigenvalue weighted by molar-refractivity contribution is 7.87. The summed E-state index contributed by atoms with van der Waals surface area (Å²) >= 11 is 0. The van der Waals surface area contributed by atoms with Gasteiger partial charge >= 0.3 is 10.1 Å². The zero-order valence-corrected chi connectivity index (χ0v) is 20.0. The average Bonchev–Trinajstić information content (AvgIpc) is 2.87. The number of para-hydroxylation sites is 1. The second-order valence-corrected chi connectivity index (χ2v) is 9.39. The Kier molecular flexibility index (Phi) is 6.95. The molecule has 0 heterocycles. The fraction of sp³-hybridized carbons (Fsp3) is 0.0357. The first-order chi connectivity index (χ1) is 17.3. The minimum absolute atomic E-state index is 0.00312. The molecule has 0 bridgehead atoms. The van der Waals surface area contributed by atoms with Crippen LogP contribution in [0.1, 0.15) is 22.8 Å². The van der Waals surface area contributed by atoms with E-state index >= 15 is 0 Å². The molecule has 0 saturated carbocycles. The third kappa shape index (κ3) is 5.49. The number of carbonyl (C=O) groups is 2. The lowest BCUT2D eigenvalue weighted by Crippen LogP contribution is -2.15. The van der Waals surface area contributed by atoms with E-state index in [2.05, 4.69) is 5.32 Å². The molecule has 8 heteroatoms. The molecule has 0 aromatic heterocycles.